The second kappa shape index (κ2) is 6.62. The molecule has 0 amide bonds. The third-order valence-corrected chi connectivity index (χ3v) is 4.29. The molecule has 4 aromatic carbocycles. The highest BCUT2D eigenvalue weighted by Crippen LogP contribution is 2.35. The van der Waals surface area contributed by atoms with Crippen LogP contribution in [0.3, 0.4) is 0 Å². The van der Waals surface area contributed by atoms with Gasteiger partial charge in [0.25, 0.3) is 0 Å². The number of benzene rings is 4. The third-order valence-electron chi connectivity index (χ3n) is 4.29. The van der Waals surface area contributed by atoms with E-state index in [1.165, 1.54) is 10.8 Å². The SMILES string of the molecule is O=Cc1ccc(N(c2ccccc2)c2ccc3ccccc3c2)cc1. The Morgan fingerprint density at radius 2 is 1.16 bits per heavy atom. The summed E-state index contributed by atoms with van der Waals surface area (Å²) in [6.45, 7) is 0. The Labute approximate surface area is 147 Å². The van der Waals surface area contributed by atoms with Gasteiger partial charge in [-0.05, 0) is 59.3 Å². The zero-order chi connectivity index (χ0) is 17.1. The van der Waals surface area contributed by atoms with E-state index in [-0.39, 0.29) is 0 Å². The average molecular weight is 323 g/mol. The van der Waals surface area contributed by atoms with Gasteiger partial charge in [0.1, 0.15) is 6.29 Å². The smallest absolute Gasteiger partial charge is 0.150 e. The van der Waals surface area contributed by atoms with Crippen molar-refractivity contribution in [2.24, 2.45) is 0 Å². The predicted octanol–water partition coefficient (Wildman–Crippen LogP) is 6.12. The minimum atomic E-state index is 0.676. The number of rotatable bonds is 4. The fraction of sp³-hybridized carbons (Fsp3) is 0. The maximum absolute atomic E-state index is 11.0. The molecule has 0 radical (unpaired) electrons. The van der Waals surface area contributed by atoms with Crippen molar-refractivity contribution >= 4 is 34.1 Å². The number of nitrogens with zero attached hydrogens (tertiary/aromatic N) is 1. The number of carbonyl (C=O) groups excluding carboxylic acids is 1. The van der Waals surface area contributed by atoms with Gasteiger partial charge in [0, 0.05) is 22.6 Å². The summed E-state index contributed by atoms with van der Waals surface area (Å²) in [5.41, 5.74) is 3.86. The van der Waals surface area contributed by atoms with Crippen molar-refractivity contribution < 1.29 is 4.79 Å². The van der Waals surface area contributed by atoms with Crippen LogP contribution in [0.5, 0.6) is 0 Å². The van der Waals surface area contributed by atoms with E-state index in [9.17, 15) is 4.79 Å². The number of carbonyl (C=O) groups is 1. The zero-order valence-electron chi connectivity index (χ0n) is 13.7. The Bertz CT molecular complexity index is 1010. The Morgan fingerprint density at radius 3 is 1.88 bits per heavy atom. The molecule has 2 nitrogen and oxygen atoms in total. The summed E-state index contributed by atoms with van der Waals surface area (Å²) in [5, 5.41) is 2.42. The third kappa shape index (κ3) is 3.02. The summed E-state index contributed by atoms with van der Waals surface area (Å²) in [5.74, 6) is 0. The van der Waals surface area contributed by atoms with Crippen molar-refractivity contribution in [3.05, 3.63) is 103 Å². The highest BCUT2D eigenvalue weighted by Gasteiger charge is 2.12. The molecule has 25 heavy (non-hydrogen) atoms. The van der Waals surface area contributed by atoms with Crippen LogP contribution in [-0.2, 0) is 0 Å². The van der Waals surface area contributed by atoms with Crippen LogP contribution >= 0.6 is 0 Å². The summed E-state index contributed by atoms with van der Waals surface area (Å²) in [6.07, 6.45) is 0.868. The molecule has 0 atom stereocenters. The molecule has 0 saturated carbocycles. The monoisotopic (exact) mass is 323 g/mol. The first kappa shape index (κ1) is 15.2. The molecule has 4 aromatic rings. The van der Waals surface area contributed by atoms with Crippen molar-refractivity contribution in [3.63, 3.8) is 0 Å². The molecule has 120 valence electrons. The quantitative estimate of drug-likeness (QED) is 0.421. The van der Waals surface area contributed by atoms with E-state index in [0.29, 0.717) is 5.56 Å². The normalized spacial score (nSPS) is 10.6. The molecule has 0 aliphatic heterocycles. The number of para-hydroxylation sites is 1. The van der Waals surface area contributed by atoms with Crippen molar-refractivity contribution in [1.29, 1.82) is 0 Å². The largest absolute Gasteiger partial charge is 0.310 e. The maximum Gasteiger partial charge on any atom is 0.150 e. The molecule has 0 aliphatic carbocycles. The van der Waals surface area contributed by atoms with Gasteiger partial charge in [-0.25, -0.2) is 0 Å². The minimum Gasteiger partial charge on any atom is -0.310 e. The molecule has 0 aliphatic rings. The zero-order valence-corrected chi connectivity index (χ0v) is 13.7. The minimum absolute atomic E-state index is 0.676. The van der Waals surface area contributed by atoms with E-state index in [1.54, 1.807) is 0 Å². The van der Waals surface area contributed by atoms with E-state index in [2.05, 4.69) is 59.5 Å². The van der Waals surface area contributed by atoms with Gasteiger partial charge < -0.3 is 4.90 Å². The van der Waals surface area contributed by atoms with Gasteiger partial charge in [0.15, 0.2) is 0 Å². The molecule has 0 unspecified atom stereocenters. The van der Waals surface area contributed by atoms with Crippen LogP contribution in [0.15, 0.2) is 97.1 Å². The van der Waals surface area contributed by atoms with Gasteiger partial charge in [-0.2, -0.15) is 0 Å². The fourth-order valence-corrected chi connectivity index (χ4v) is 3.04. The summed E-state index contributed by atoms with van der Waals surface area (Å²) in [6, 6.07) is 32.7. The summed E-state index contributed by atoms with van der Waals surface area (Å²) in [4.78, 5) is 13.2. The fourth-order valence-electron chi connectivity index (χ4n) is 3.04. The Balaban J connectivity index is 1.87. The standard InChI is InChI=1S/C23H17NO/c25-17-18-10-13-22(14-11-18)24(21-8-2-1-3-9-21)23-15-12-19-6-4-5-7-20(19)16-23/h1-17H. The summed E-state index contributed by atoms with van der Waals surface area (Å²) < 4.78 is 0. The van der Waals surface area contributed by atoms with Crippen molar-refractivity contribution in [2.75, 3.05) is 4.90 Å². The molecular formula is C23H17NO. The molecule has 0 bridgehead atoms. The summed E-state index contributed by atoms with van der Waals surface area (Å²) in [7, 11) is 0. The molecule has 4 rings (SSSR count). The highest BCUT2D eigenvalue weighted by molar-refractivity contribution is 5.89. The maximum atomic E-state index is 11.0. The number of anilines is 3. The van der Waals surface area contributed by atoms with Crippen LogP contribution in [0, 0.1) is 0 Å². The Hall–Kier alpha value is -3.39. The lowest BCUT2D eigenvalue weighted by Gasteiger charge is -2.25. The van der Waals surface area contributed by atoms with Gasteiger partial charge in [-0.15, -0.1) is 0 Å². The lowest BCUT2D eigenvalue weighted by molar-refractivity contribution is 0.112. The number of fused-ring (bicyclic) bond motifs is 1. The number of hydrogen-bond donors (Lipinski definition) is 0. The second-order valence-corrected chi connectivity index (χ2v) is 5.91. The van der Waals surface area contributed by atoms with Gasteiger partial charge >= 0.3 is 0 Å². The predicted molar refractivity (Wildman–Crippen MR) is 104 cm³/mol. The van der Waals surface area contributed by atoms with Gasteiger partial charge in [-0.3, -0.25) is 4.79 Å². The van der Waals surface area contributed by atoms with Crippen molar-refractivity contribution in [3.8, 4) is 0 Å². The molecule has 0 saturated heterocycles. The molecule has 2 heteroatoms. The first-order valence-electron chi connectivity index (χ1n) is 8.24. The van der Waals surface area contributed by atoms with Gasteiger partial charge in [-0.1, -0.05) is 48.5 Å². The molecule has 0 aromatic heterocycles. The summed E-state index contributed by atoms with van der Waals surface area (Å²) >= 11 is 0. The van der Waals surface area contributed by atoms with Gasteiger partial charge in [0.2, 0.25) is 0 Å². The Morgan fingerprint density at radius 1 is 0.560 bits per heavy atom. The average Bonchev–Trinajstić information content (AvgIpc) is 2.69. The van der Waals surface area contributed by atoms with Gasteiger partial charge in [0.05, 0.1) is 0 Å². The van der Waals surface area contributed by atoms with E-state index in [1.807, 2.05) is 42.5 Å². The second-order valence-electron chi connectivity index (χ2n) is 5.91. The van der Waals surface area contributed by atoms with Crippen LogP contribution < -0.4 is 4.90 Å². The van der Waals surface area contributed by atoms with Crippen LogP contribution in [0.2, 0.25) is 0 Å². The van der Waals surface area contributed by atoms with Crippen molar-refractivity contribution in [2.45, 2.75) is 0 Å². The topological polar surface area (TPSA) is 20.3 Å². The molecule has 0 spiro atoms. The highest BCUT2D eigenvalue weighted by atomic mass is 16.1. The molecular weight excluding hydrogens is 306 g/mol. The lowest BCUT2D eigenvalue weighted by Crippen LogP contribution is -2.09. The van der Waals surface area contributed by atoms with Crippen LogP contribution in [0.4, 0.5) is 17.1 Å². The van der Waals surface area contributed by atoms with E-state index in [4.69, 9.17) is 0 Å². The number of aldehydes is 1. The van der Waals surface area contributed by atoms with Crippen molar-refractivity contribution in [1.82, 2.24) is 0 Å². The molecule has 0 heterocycles. The number of hydrogen-bond acceptors (Lipinski definition) is 2. The molecule has 0 fully saturated rings. The van der Waals surface area contributed by atoms with Crippen LogP contribution in [-0.4, -0.2) is 6.29 Å². The molecule has 0 N–H and O–H groups in total. The Kier molecular flexibility index (Phi) is 4.01. The van der Waals surface area contributed by atoms with E-state index >= 15 is 0 Å². The lowest BCUT2D eigenvalue weighted by atomic mass is 10.1. The van der Waals surface area contributed by atoms with E-state index < -0.39 is 0 Å². The first-order chi connectivity index (χ1) is 12.3. The first-order valence-corrected chi connectivity index (χ1v) is 8.24. The van der Waals surface area contributed by atoms with E-state index in [0.717, 1.165) is 23.3 Å². The van der Waals surface area contributed by atoms with Crippen LogP contribution in [0.1, 0.15) is 10.4 Å². The van der Waals surface area contributed by atoms with Crippen LogP contribution in [0.25, 0.3) is 10.8 Å².